The van der Waals surface area contributed by atoms with E-state index < -0.39 is 11.6 Å². The van der Waals surface area contributed by atoms with Crippen molar-refractivity contribution >= 4 is 39.5 Å². The topological polar surface area (TPSA) is 49.4 Å². The number of hydrogen-bond donors (Lipinski definition) is 1. The third kappa shape index (κ3) is 9.67. The van der Waals surface area contributed by atoms with Crippen LogP contribution in [0.25, 0.3) is 0 Å². The Morgan fingerprint density at radius 3 is 2.16 bits per heavy atom. The Labute approximate surface area is 234 Å². The van der Waals surface area contributed by atoms with Crippen LogP contribution >= 0.6 is 27.7 Å². The van der Waals surface area contributed by atoms with E-state index in [-0.39, 0.29) is 11.8 Å². The van der Waals surface area contributed by atoms with Gasteiger partial charge in [0.25, 0.3) is 0 Å². The van der Waals surface area contributed by atoms with E-state index in [0.29, 0.717) is 18.7 Å². The predicted octanol–water partition coefficient (Wildman–Crippen LogP) is 6.85. The minimum Gasteiger partial charge on any atom is -0.350 e. The molecule has 0 radical (unpaired) electrons. The second-order valence-electron chi connectivity index (χ2n) is 10.6. The molecule has 1 N–H and O–H groups in total. The largest absolute Gasteiger partial charge is 0.350 e. The van der Waals surface area contributed by atoms with Gasteiger partial charge in [0.1, 0.15) is 6.04 Å². The molecule has 0 fully saturated rings. The Hall–Kier alpha value is -2.57. The summed E-state index contributed by atoms with van der Waals surface area (Å²) in [7, 11) is 0. The first-order valence-corrected chi connectivity index (χ1v) is 14.5. The average Bonchev–Trinajstić information content (AvgIpc) is 2.80. The number of rotatable bonds is 10. The molecular weight excluding hydrogens is 544 g/mol. The molecule has 3 aromatic rings. The molecule has 0 saturated heterocycles. The molecule has 0 heterocycles. The van der Waals surface area contributed by atoms with Crippen LogP contribution in [0.3, 0.4) is 0 Å². The zero-order chi connectivity index (χ0) is 27.0. The predicted molar refractivity (Wildman–Crippen MR) is 159 cm³/mol. The molecule has 0 bridgehead atoms. The zero-order valence-corrected chi connectivity index (χ0v) is 24.8. The highest BCUT2D eigenvalue weighted by Gasteiger charge is 2.32. The Morgan fingerprint density at radius 2 is 1.54 bits per heavy atom. The molecule has 0 spiro atoms. The summed E-state index contributed by atoms with van der Waals surface area (Å²) in [6.45, 7) is 10.4. The normalized spacial score (nSPS) is 12.2. The third-order valence-electron chi connectivity index (χ3n) is 5.79. The van der Waals surface area contributed by atoms with Crippen molar-refractivity contribution in [2.75, 3.05) is 5.75 Å². The average molecular weight is 582 g/mol. The minimum absolute atomic E-state index is 0.0423. The van der Waals surface area contributed by atoms with Gasteiger partial charge in [-0.25, -0.2) is 0 Å². The van der Waals surface area contributed by atoms with Gasteiger partial charge in [-0.05, 0) is 63.4 Å². The van der Waals surface area contributed by atoms with Crippen molar-refractivity contribution in [2.24, 2.45) is 0 Å². The number of nitrogens with zero attached hydrogens (tertiary/aromatic N) is 1. The smallest absolute Gasteiger partial charge is 0.243 e. The van der Waals surface area contributed by atoms with Gasteiger partial charge in [-0.15, -0.1) is 11.8 Å². The summed E-state index contributed by atoms with van der Waals surface area (Å²) in [6, 6.07) is 23.7. The number of carbonyl (C=O) groups is 2. The van der Waals surface area contributed by atoms with Crippen LogP contribution in [0.4, 0.5) is 0 Å². The van der Waals surface area contributed by atoms with Crippen LogP contribution < -0.4 is 5.32 Å². The third-order valence-corrected chi connectivity index (χ3v) is 7.27. The summed E-state index contributed by atoms with van der Waals surface area (Å²) >= 11 is 5.13. The quantitative estimate of drug-likeness (QED) is 0.285. The lowest BCUT2D eigenvalue weighted by Crippen LogP contribution is -2.54. The maximum absolute atomic E-state index is 13.8. The van der Waals surface area contributed by atoms with Gasteiger partial charge >= 0.3 is 0 Å². The highest BCUT2D eigenvalue weighted by molar-refractivity contribution is 9.10. The molecule has 3 aromatic carbocycles. The van der Waals surface area contributed by atoms with Gasteiger partial charge < -0.3 is 10.2 Å². The maximum Gasteiger partial charge on any atom is 0.243 e. The van der Waals surface area contributed by atoms with Crippen LogP contribution in [0.5, 0.6) is 0 Å². The monoisotopic (exact) mass is 580 g/mol. The highest BCUT2D eigenvalue weighted by Crippen LogP contribution is 2.21. The number of carbonyl (C=O) groups excluding carboxylic acids is 2. The highest BCUT2D eigenvalue weighted by atomic mass is 79.9. The van der Waals surface area contributed by atoms with Crippen LogP contribution in [0.15, 0.2) is 77.3 Å². The fourth-order valence-corrected chi connectivity index (χ4v) is 5.62. The van der Waals surface area contributed by atoms with Gasteiger partial charge in [0.15, 0.2) is 0 Å². The second kappa shape index (κ2) is 13.3. The number of thioether (sulfide) groups is 1. The Balaban J connectivity index is 1.87. The molecule has 0 aromatic heterocycles. The molecule has 6 heteroatoms. The van der Waals surface area contributed by atoms with Gasteiger partial charge in [-0.1, -0.05) is 87.7 Å². The van der Waals surface area contributed by atoms with Crippen molar-refractivity contribution in [3.63, 3.8) is 0 Å². The number of aryl methyl sites for hydroxylation is 2. The molecule has 0 aliphatic rings. The Kier molecular flexibility index (Phi) is 10.4. The summed E-state index contributed by atoms with van der Waals surface area (Å²) in [6.07, 6.45) is 0.449. The van der Waals surface area contributed by atoms with Gasteiger partial charge in [0, 0.05) is 28.7 Å². The lowest BCUT2D eigenvalue weighted by atomic mass is 10.0. The van der Waals surface area contributed by atoms with E-state index in [1.165, 1.54) is 16.7 Å². The van der Waals surface area contributed by atoms with Crippen LogP contribution in [0, 0.1) is 13.8 Å². The fourth-order valence-electron chi connectivity index (χ4n) is 4.33. The number of benzene rings is 3. The number of hydrogen-bond acceptors (Lipinski definition) is 3. The summed E-state index contributed by atoms with van der Waals surface area (Å²) in [5.74, 6) is 0.865. The van der Waals surface area contributed by atoms with E-state index in [1.807, 2.05) is 75.4 Å². The van der Waals surface area contributed by atoms with Crippen LogP contribution in [-0.4, -0.2) is 34.0 Å². The van der Waals surface area contributed by atoms with Crippen molar-refractivity contribution < 1.29 is 9.59 Å². The first-order valence-electron chi connectivity index (χ1n) is 12.5. The Morgan fingerprint density at radius 1 is 0.892 bits per heavy atom. The second-order valence-corrected chi connectivity index (χ2v) is 12.5. The maximum atomic E-state index is 13.8. The van der Waals surface area contributed by atoms with E-state index >= 15 is 0 Å². The Bertz CT molecular complexity index is 1190. The van der Waals surface area contributed by atoms with E-state index in [4.69, 9.17) is 0 Å². The molecule has 1 atom stereocenters. The summed E-state index contributed by atoms with van der Waals surface area (Å²) in [4.78, 5) is 29.1. The van der Waals surface area contributed by atoms with E-state index in [0.717, 1.165) is 21.4 Å². The van der Waals surface area contributed by atoms with Crippen LogP contribution in [0.1, 0.15) is 48.6 Å². The fraction of sp³-hybridized carbons (Fsp3) is 0.355. The molecule has 0 unspecified atom stereocenters. The number of amides is 2. The van der Waals surface area contributed by atoms with Crippen molar-refractivity contribution in [1.29, 1.82) is 0 Å². The molecule has 37 heavy (non-hydrogen) atoms. The van der Waals surface area contributed by atoms with Gasteiger partial charge in [0.05, 0.1) is 5.75 Å². The molecule has 4 nitrogen and oxygen atoms in total. The van der Waals surface area contributed by atoms with Gasteiger partial charge in [-0.3, -0.25) is 9.59 Å². The first-order chi connectivity index (χ1) is 17.5. The van der Waals surface area contributed by atoms with Crippen LogP contribution in [0.2, 0.25) is 0 Å². The molecule has 0 saturated carbocycles. The number of nitrogens with one attached hydrogen (secondary N) is 1. The lowest BCUT2D eigenvalue weighted by Gasteiger charge is -2.34. The summed E-state index contributed by atoms with van der Waals surface area (Å²) in [5.41, 5.74) is 5.24. The molecule has 3 rings (SSSR count). The minimum atomic E-state index is -0.630. The summed E-state index contributed by atoms with van der Waals surface area (Å²) < 4.78 is 0.945. The zero-order valence-electron chi connectivity index (χ0n) is 22.4. The standard InChI is InChI=1S/C31H37BrN2O2S/c1-22-14-23(2)16-26(15-22)20-37-21-29(35)34(19-25-12-9-13-27(32)17-25)28(30(36)33-31(3,4)5)18-24-10-7-6-8-11-24/h6-17,28H,18-21H2,1-5H3,(H,33,36)/t28-/m1/s1. The van der Waals surface area contributed by atoms with Crippen molar-refractivity contribution in [3.05, 3.63) is 105 Å². The van der Waals surface area contributed by atoms with E-state index in [9.17, 15) is 9.59 Å². The van der Waals surface area contributed by atoms with Crippen molar-refractivity contribution in [2.45, 2.75) is 64.9 Å². The van der Waals surface area contributed by atoms with E-state index in [2.05, 4.69) is 53.3 Å². The van der Waals surface area contributed by atoms with Gasteiger partial charge in [0.2, 0.25) is 11.8 Å². The molecule has 2 amide bonds. The first kappa shape index (κ1) is 29.0. The molecule has 0 aliphatic heterocycles. The van der Waals surface area contributed by atoms with Gasteiger partial charge in [-0.2, -0.15) is 0 Å². The van der Waals surface area contributed by atoms with E-state index in [1.54, 1.807) is 16.7 Å². The number of halogens is 1. The summed E-state index contributed by atoms with van der Waals surface area (Å²) in [5, 5.41) is 3.12. The van der Waals surface area contributed by atoms with Crippen molar-refractivity contribution in [1.82, 2.24) is 10.2 Å². The molecular formula is C31H37BrN2O2S. The molecule has 0 aliphatic carbocycles. The van der Waals surface area contributed by atoms with Crippen LogP contribution in [-0.2, 0) is 28.3 Å². The molecule has 196 valence electrons. The lowest BCUT2D eigenvalue weighted by molar-refractivity contribution is -0.140. The SMILES string of the molecule is Cc1cc(C)cc(CSCC(=O)N(Cc2cccc(Br)c2)[C@H](Cc2ccccc2)C(=O)NC(C)(C)C)c1. The van der Waals surface area contributed by atoms with Crippen molar-refractivity contribution in [3.8, 4) is 0 Å².